The molecule has 178 valence electrons. The lowest BCUT2D eigenvalue weighted by Crippen LogP contribution is -2.47. The quantitative estimate of drug-likeness (QED) is 0.558. The van der Waals surface area contributed by atoms with Crippen molar-refractivity contribution in [2.45, 2.75) is 39.0 Å². The monoisotopic (exact) mass is 471 g/mol. The first-order valence-electron chi connectivity index (χ1n) is 12.0. The number of amides is 1. The number of ether oxygens (including phenoxy) is 1. The van der Waals surface area contributed by atoms with E-state index in [1.54, 1.807) is 0 Å². The number of fused-ring (bicyclic) bond motifs is 1. The summed E-state index contributed by atoms with van der Waals surface area (Å²) in [5.41, 5.74) is 4.39. The molecule has 4 rings (SSSR count). The Hall–Kier alpha value is -2.28. The lowest BCUT2D eigenvalue weighted by molar-refractivity contribution is -0.119. The number of carbonyl (C=O) groups excluding carboxylic acids is 1. The number of carbonyl (C=O) groups is 1. The molecule has 2 aromatic carbocycles. The van der Waals surface area contributed by atoms with Crippen molar-refractivity contribution in [2.24, 2.45) is 0 Å². The summed E-state index contributed by atoms with van der Waals surface area (Å²) in [5.74, 6) is 0.715. The summed E-state index contributed by atoms with van der Waals surface area (Å²) in [6.07, 6.45) is 4.18. The normalized spacial score (nSPS) is 16.8. The maximum Gasteiger partial charge on any atom is 0.229 e. The molecule has 0 aromatic heterocycles. The summed E-state index contributed by atoms with van der Waals surface area (Å²) in [5, 5.41) is 10.4. The predicted octanol–water partition coefficient (Wildman–Crippen LogP) is 4.11. The van der Waals surface area contributed by atoms with E-state index in [0.29, 0.717) is 13.0 Å². The summed E-state index contributed by atoms with van der Waals surface area (Å²) in [6, 6.07) is 12.1. The van der Waals surface area contributed by atoms with Crippen molar-refractivity contribution in [3.8, 4) is 5.75 Å². The first kappa shape index (κ1) is 23.9. The van der Waals surface area contributed by atoms with E-state index in [-0.39, 0.29) is 12.6 Å². The zero-order valence-corrected chi connectivity index (χ0v) is 20.2. The summed E-state index contributed by atoms with van der Waals surface area (Å²) in [4.78, 5) is 18.4. The number of piperazine rings is 1. The molecule has 1 saturated heterocycles. The van der Waals surface area contributed by atoms with Crippen LogP contribution in [-0.2, 0) is 17.6 Å². The third kappa shape index (κ3) is 5.62. The number of aliphatic hydroxyl groups excluding tert-OH is 1. The van der Waals surface area contributed by atoms with Gasteiger partial charge in [0, 0.05) is 49.4 Å². The fraction of sp³-hybridized carbons (Fsp3) is 0.500. The van der Waals surface area contributed by atoms with Crippen LogP contribution in [0.1, 0.15) is 37.3 Å². The van der Waals surface area contributed by atoms with Gasteiger partial charge in [-0.3, -0.25) is 14.6 Å². The number of hydrogen-bond acceptors (Lipinski definition) is 5. The van der Waals surface area contributed by atoms with Crippen LogP contribution in [0, 0.1) is 0 Å². The lowest BCUT2D eigenvalue weighted by Gasteiger charge is -2.37. The molecule has 0 spiro atoms. The second kappa shape index (κ2) is 11.2. The van der Waals surface area contributed by atoms with Gasteiger partial charge >= 0.3 is 0 Å². The minimum Gasteiger partial charge on any atom is -0.494 e. The van der Waals surface area contributed by atoms with Crippen LogP contribution in [0.5, 0.6) is 5.75 Å². The van der Waals surface area contributed by atoms with Gasteiger partial charge in [-0.2, -0.15) is 0 Å². The van der Waals surface area contributed by atoms with Gasteiger partial charge in [0.1, 0.15) is 12.5 Å². The van der Waals surface area contributed by atoms with Gasteiger partial charge in [0.05, 0.1) is 12.3 Å². The zero-order chi connectivity index (χ0) is 23.2. The van der Waals surface area contributed by atoms with Crippen LogP contribution in [-0.4, -0.2) is 62.0 Å². The first-order chi connectivity index (χ1) is 16.1. The maximum atomic E-state index is 12.0. The molecule has 0 atom stereocenters. The smallest absolute Gasteiger partial charge is 0.229 e. The van der Waals surface area contributed by atoms with Crippen molar-refractivity contribution in [3.05, 3.63) is 52.5 Å². The van der Waals surface area contributed by atoms with E-state index in [1.807, 2.05) is 30.3 Å². The highest BCUT2D eigenvalue weighted by Gasteiger charge is 2.24. The van der Waals surface area contributed by atoms with E-state index in [2.05, 4.69) is 22.8 Å². The number of aliphatic hydroxyl groups is 1. The van der Waals surface area contributed by atoms with Gasteiger partial charge < -0.3 is 14.7 Å². The summed E-state index contributed by atoms with van der Waals surface area (Å²) < 4.78 is 5.94. The molecule has 0 saturated carbocycles. The fourth-order valence-corrected chi connectivity index (χ4v) is 5.10. The Morgan fingerprint density at radius 3 is 2.61 bits per heavy atom. The van der Waals surface area contributed by atoms with Gasteiger partial charge in [-0.05, 0) is 61.6 Å². The van der Waals surface area contributed by atoms with Crippen LogP contribution < -0.4 is 14.5 Å². The van der Waals surface area contributed by atoms with Crippen LogP contribution >= 0.6 is 11.6 Å². The molecule has 1 N–H and O–H groups in total. The predicted molar refractivity (Wildman–Crippen MR) is 134 cm³/mol. The van der Waals surface area contributed by atoms with Crippen molar-refractivity contribution < 1.29 is 14.6 Å². The molecule has 1 fully saturated rings. The van der Waals surface area contributed by atoms with Crippen molar-refractivity contribution >= 4 is 28.9 Å². The SMILES string of the molecule is CCc1c(Cl)cccc1N1CCN(CCCCOc2ccc3c(c2)N(CO)C(=O)CC3)CC1. The van der Waals surface area contributed by atoms with Gasteiger partial charge in [0.25, 0.3) is 0 Å². The number of unbranched alkanes of at least 4 members (excludes halogenated alkanes) is 1. The Morgan fingerprint density at radius 2 is 1.85 bits per heavy atom. The molecular weight excluding hydrogens is 438 g/mol. The Labute approximate surface area is 201 Å². The minimum atomic E-state index is -0.292. The van der Waals surface area contributed by atoms with E-state index in [9.17, 15) is 9.90 Å². The molecule has 0 bridgehead atoms. The molecule has 2 aromatic rings. The molecule has 6 nitrogen and oxygen atoms in total. The second-order valence-electron chi connectivity index (χ2n) is 8.73. The molecule has 33 heavy (non-hydrogen) atoms. The Balaban J connectivity index is 1.19. The van der Waals surface area contributed by atoms with Crippen LogP contribution in [0.25, 0.3) is 0 Å². The van der Waals surface area contributed by atoms with Gasteiger partial charge in [-0.1, -0.05) is 30.7 Å². The van der Waals surface area contributed by atoms with Crippen LogP contribution in [0.15, 0.2) is 36.4 Å². The second-order valence-corrected chi connectivity index (χ2v) is 9.14. The van der Waals surface area contributed by atoms with Crippen LogP contribution in [0.3, 0.4) is 0 Å². The number of rotatable bonds is 9. The Kier molecular flexibility index (Phi) is 8.12. The molecule has 0 aliphatic carbocycles. The number of anilines is 2. The zero-order valence-electron chi connectivity index (χ0n) is 19.4. The average Bonchev–Trinajstić information content (AvgIpc) is 2.84. The Morgan fingerprint density at radius 1 is 1.03 bits per heavy atom. The topological polar surface area (TPSA) is 56.3 Å². The van der Waals surface area contributed by atoms with E-state index in [1.165, 1.54) is 16.2 Å². The largest absolute Gasteiger partial charge is 0.494 e. The molecule has 7 heteroatoms. The summed E-state index contributed by atoms with van der Waals surface area (Å²) in [7, 11) is 0. The van der Waals surface area contributed by atoms with Crippen LogP contribution in [0.2, 0.25) is 5.02 Å². The molecule has 2 heterocycles. The highest BCUT2D eigenvalue weighted by Crippen LogP contribution is 2.31. The minimum absolute atomic E-state index is 0.0384. The van der Waals surface area contributed by atoms with Crippen molar-refractivity contribution in [2.75, 3.05) is 55.9 Å². The number of halogens is 1. The summed E-state index contributed by atoms with van der Waals surface area (Å²) >= 11 is 6.40. The molecule has 0 radical (unpaired) electrons. The van der Waals surface area contributed by atoms with Crippen molar-refractivity contribution in [3.63, 3.8) is 0 Å². The number of hydrogen-bond donors (Lipinski definition) is 1. The highest BCUT2D eigenvalue weighted by atomic mass is 35.5. The van der Waals surface area contributed by atoms with E-state index in [4.69, 9.17) is 16.3 Å². The van der Waals surface area contributed by atoms with Gasteiger partial charge in [-0.15, -0.1) is 0 Å². The van der Waals surface area contributed by atoms with Crippen molar-refractivity contribution in [1.29, 1.82) is 0 Å². The molecule has 0 unspecified atom stereocenters. The third-order valence-corrected chi connectivity index (χ3v) is 7.05. The molecule has 1 amide bonds. The van der Waals surface area contributed by atoms with Crippen LogP contribution in [0.4, 0.5) is 11.4 Å². The average molecular weight is 472 g/mol. The molecular formula is C26H34ClN3O3. The first-order valence-corrected chi connectivity index (χ1v) is 12.4. The van der Waals surface area contributed by atoms with E-state index in [0.717, 1.165) is 80.4 Å². The van der Waals surface area contributed by atoms with Gasteiger partial charge in [-0.25, -0.2) is 0 Å². The number of benzene rings is 2. The van der Waals surface area contributed by atoms with E-state index < -0.39 is 0 Å². The Bertz CT molecular complexity index is 960. The van der Waals surface area contributed by atoms with Gasteiger partial charge in [0.15, 0.2) is 0 Å². The number of aryl methyl sites for hydroxylation is 1. The molecule has 2 aliphatic heterocycles. The standard InChI is InChI=1S/C26H34ClN3O3/c1-2-22-23(27)6-5-7-24(22)29-15-13-28(14-16-29)12-3-4-17-33-21-10-8-20-9-11-26(32)30(19-31)25(20)18-21/h5-8,10,18,31H,2-4,9,11-17,19H2,1H3. The fourth-order valence-electron chi connectivity index (χ4n) is 4.80. The van der Waals surface area contributed by atoms with Crippen molar-refractivity contribution in [1.82, 2.24) is 4.90 Å². The maximum absolute atomic E-state index is 12.0. The van der Waals surface area contributed by atoms with Gasteiger partial charge in [0.2, 0.25) is 5.91 Å². The third-order valence-electron chi connectivity index (χ3n) is 6.70. The number of nitrogens with zero attached hydrogens (tertiary/aromatic N) is 3. The highest BCUT2D eigenvalue weighted by molar-refractivity contribution is 6.31. The molecule has 2 aliphatic rings. The lowest BCUT2D eigenvalue weighted by atomic mass is 10.0. The summed E-state index contributed by atoms with van der Waals surface area (Å²) in [6.45, 7) is 7.77. The van der Waals surface area contributed by atoms with E-state index >= 15 is 0 Å².